The lowest BCUT2D eigenvalue weighted by atomic mass is 10.1. The van der Waals surface area contributed by atoms with E-state index in [2.05, 4.69) is 39.0 Å². The summed E-state index contributed by atoms with van der Waals surface area (Å²) in [5.74, 6) is 0. The maximum absolute atomic E-state index is 2.26. The Balaban J connectivity index is 0.000001000. The molecule has 0 N–H and O–H groups in total. The molecular formula is C11H18. The SMILES string of the molecule is C.CCc1ccc(C)c(C)c1. The Bertz CT molecular complexity index is 223. The predicted octanol–water partition coefficient (Wildman–Crippen LogP) is 3.50. The molecule has 0 unspecified atom stereocenters. The quantitative estimate of drug-likeness (QED) is 0.574. The van der Waals surface area contributed by atoms with Crippen molar-refractivity contribution in [3.8, 4) is 0 Å². The van der Waals surface area contributed by atoms with Crippen LogP contribution in [0.1, 0.15) is 31.0 Å². The molecule has 0 spiro atoms. The van der Waals surface area contributed by atoms with Gasteiger partial charge in [0.05, 0.1) is 0 Å². The molecule has 0 bridgehead atoms. The molecule has 0 aliphatic heterocycles. The first kappa shape index (κ1) is 10.2. The van der Waals surface area contributed by atoms with Crippen LogP contribution in [0.2, 0.25) is 0 Å². The summed E-state index contributed by atoms with van der Waals surface area (Å²) in [5, 5.41) is 0. The standard InChI is InChI=1S/C10H14.CH4/c1-4-10-6-5-8(2)9(3)7-10;/h5-7H,4H2,1-3H3;1H4. The minimum absolute atomic E-state index is 0. The van der Waals surface area contributed by atoms with Crippen LogP contribution in [0.4, 0.5) is 0 Å². The van der Waals surface area contributed by atoms with E-state index in [4.69, 9.17) is 0 Å². The number of rotatable bonds is 1. The van der Waals surface area contributed by atoms with Gasteiger partial charge in [-0.2, -0.15) is 0 Å². The fraction of sp³-hybridized carbons (Fsp3) is 0.455. The Morgan fingerprint density at radius 1 is 1.09 bits per heavy atom. The van der Waals surface area contributed by atoms with Crippen LogP contribution in [0, 0.1) is 13.8 Å². The van der Waals surface area contributed by atoms with Crippen molar-refractivity contribution in [3.05, 3.63) is 34.9 Å². The van der Waals surface area contributed by atoms with Gasteiger partial charge in [-0.3, -0.25) is 0 Å². The summed E-state index contributed by atoms with van der Waals surface area (Å²) >= 11 is 0. The van der Waals surface area contributed by atoms with Crippen LogP contribution >= 0.6 is 0 Å². The smallest absolute Gasteiger partial charge is 0.0307 e. The second-order valence-electron chi connectivity index (χ2n) is 2.77. The molecule has 0 aliphatic rings. The third-order valence-electron chi connectivity index (χ3n) is 1.98. The lowest BCUT2D eigenvalue weighted by Crippen LogP contribution is -1.84. The average molecular weight is 150 g/mol. The fourth-order valence-electron chi connectivity index (χ4n) is 1.02. The third kappa shape index (κ3) is 2.38. The van der Waals surface area contributed by atoms with Gasteiger partial charge >= 0.3 is 0 Å². The van der Waals surface area contributed by atoms with Gasteiger partial charge in [0.1, 0.15) is 0 Å². The molecule has 0 amide bonds. The van der Waals surface area contributed by atoms with Crippen molar-refractivity contribution in [3.63, 3.8) is 0 Å². The Kier molecular flexibility index (Phi) is 3.88. The summed E-state index contributed by atoms with van der Waals surface area (Å²) in [6.07, 6.45) is 1.14. The second kappa shape index (κ2) is 4.17. The minimum Gasteiger partial charge on any atom is -0.0776 e. The first-order valence-electron chi connectivity index (χ1n) is 3.80. The van der Waals surface area contributed by atoms with Crippen LogP contribution in [-0.2, 0) is 6.42 Å². The van der Waals surface area contributed by atoms with Crippen LogP contribution < -0.4 is 0 Å². The summed E-state index contributed by atoms with van der Waals surface area (Å²) in [6, 6.07) is 6.64. The maximum atomic E-state index is 2.26. The molecule has 0 radical (unpaired) electrons. The van der Waals surface area contributed by atoms with Crippen molar-refractivity contribution in [2.24, 2.45) is 0 Å². The highest BCUT2D eigenvalue weighted by atomic mass is 14.0. The van der Waals surface area contributed by atoms with Gasteiger partial charge in [-0.25, -0.2) is 0 Å². The van der Waals surface area contributed by atoms with Crippen molar-refractivity contribution in [2.75, 3.05) is 0 Å². The zero-order valence-corrected chi connectivity index (χ0v) is 6.94. The van der Waals surface area contributed by atoms with Gasteiger partial charge in [-0.15, -0.1) is 0 Å². The normalized spacial score (nSPS) is 9.00. The van der Waals surface area contributed by atoms with Crippen molar-refractivity contribution in [1.29, 1.82) is 0 Å². The van der Waals surface area contributed by atoms with E-state index in [1.807, 2.05) is 0 Å². The lowest BCUT2D eigenvalue weighted by Gasteiger charge is -2.01. The molecule has 0 nitrogen and oxygen atoms in total. The summed E-state index contributed by atoms with van der Waals surface area (Å²) in [6.45, 7) is 6.49. The molecule has 0 atom stereocenters. The van der Waals surface area contributed by atoms with Gasteiger partial charge < -0.3 is 0 Å². The van der Waals surface area contributed by atoms with Gasteiger partial charge in [0.2, 0.25) is 0 Å². The topological polar surface area (TPSA) is 0 Å². The monoisotopic (exact) mass is 150 g/mol. The molecular weight excluding hydrogens is 132 g/mol. The van der Waals surface area contributed by atoms with Crippen molar-refractivity contribution in [1.82, 2.24) is 0 Å². The van der Waals surface area contributed by atoms with E-state index in [9.17, 15) is 0 Å². The lowest BCUT2D eigenvalue weighted by molar-refractivity contribution is 1.12. The van der Waals surface area contributed by atoms with E-state index < -0.39 is 0 Å². The van der Waals surface area contributed by atoms with Crippen LogP contribution in [0.3, 0.4) is 0 Å². The summed E-state index contributed by atoms with van der Waals surface area (Å²) in [5.41, 5.74) is 4.22. The zero-order valence-electron chi connectivity index (χ0n) is 6.94. The largest absolute Gasteiger partial charge is 0.0776 e. The molecule has 0 aromatic heterocycles. The van der Waals surface area contributed by atoms with E-state index >= 15 is 0 Å². The van der Waals surface area contributed by atoms with Crippen LogP contribution in [0.15, 0.2) is 18.2 Å². The second-order valence-corrected chi connectivity index (χ2v) is 2.77. The highest BCUT2D eigenvalue weighted by molar-refractivity contribution is 5.29. The van der Waals surface area contributed by atoms with E-state index in [0.717, 1.165) is 6.42 Å². The molecule has 0 fully saturated rings. The number of aryl methyl sites for hydroxylation is 3. The molecule has 1 aromatic carbocycles. The number of hydrogen-bond acceptors (Lipinski definition) is 0. The molecule has 1 aromatic rings. The number of benzene rings is 1. The van der Waals surface area contributed by atoms with Gasteiger partial charge in [0.15, 0.2) is 0 Å². The molecule has 0 saturated carbocycles. The van der Waals surface area contributed by atoms with Crippen molar-refractivity contribution < 1.29 is 0 Å². The minimum atomic E-state index is 0. The zero-order chi connectivity index (χ0) is 7.56. The Morgan fingerprint density at radius 3 is 2.18 bits per heavy atom. The summed E-state index contributed by atoms with van der Waals surface area (Å²) in [7, 11) is 0. The molecule has 1 rings (SSSR count). The van der Waals surface area contributed by atoms with E-state index in [0.29, 0.717) is 0 Å². The van der Waals surface area contributed by atoms with Crippen molar-refractivity contribution >= 4 is 0 Å². The van der Waals surface area contributed by atoms with E-state index in [1.54, 1.807) is 0 Å². The molecule has 0 heterocycles. The molecule has 0 heteroatoms. The van der Waals surface area contributed by atoms with Gasteiger partial charge in [-0.1, -0.05) is 32.5 Å². The van der Waals surface area contributed by atoms with Crippen LogP contribution in [0.5, 0.6) is 0 Å². The Labute approximate surface area is 70.3 Å². The summed E-state index contributed by atoms with van der Waals surface area (Å²) < 4.78 is 0. The number of hydrogen-bond donors (Lipinski definition) is 0. The van der Waals surface area contributed by atoms with E-state index in [1.165, 1.54) is 16.7 Å². The van der Waals surface area contributed by atoms with Crippen molar-refractivity contribution in [2.45, 2.75) is 34.6 Å². The van der Waals surface area contributed by atoms with E-state index in [-0.39, 0.29) is 7.43 Å². The first-order chi connectivity index (χ1) is 4.74. The van der Waals surface area contributed by atoms with Gasteiger partial charge in [-0.05, 0) is 37.0 Å². The molecule has 0 saturated heterocycles. The highest BCUT2D eigenvalue weighted by Crippen LogP contribution is 2.09. The van der Waals surface area contributed by atoms with Crippen LogP contribution in [0.25, 0.3) is 0 Å². The third-order valence-corrected chi connectivity index (χ3v) is 1.98. The highest BCUT2D eigenvalue weighted by Gasteiger charge is 1.92. The first-order valence-corrected chi connectivity index (χ1v) is 3.80. The molecule has 62 valence electrons. The van der Waals surface area contributed by atoms with Gasteiger partial charge in [0.25, 0.3) is 0 Å². The predicted molar refractivity (Wildman–Crippen MR) is 52.0 cm³/mol. The molecule has 11 heavy (non-hydrogen) atoms. The maximum Gasteiger partial charge on any atom is -0.0307 e. The Morgan fingerprint density at radius 2 is 1.73 bits per heavy atom. The van der Waals surface area contributed by atoms with Crippen LogP contribution in [-0.4, -0.2) is 0 Å². The average Bonchev–Trinajstić information content (AvgIpc) is 1.95. The fourth-order valence-corrected chi connectivity index (χ4v) is 1.02. The summed E-state index contributed by atoms with van der Waals surface area (Å²) in [4.78, 5) is 0. The Hall–Kier alpha value is -0.780. The molecule has 0 aliphatic carbocycles. The van der Waals surface area contributed by atoms with Gasteiger partial charge in [0, 0.05) is 0 Å².